The summed E-state index contributed by atoms with van der Waals surface area (Å²) in [6, 6.07) is 18.3. The first kappa shape index (κ1) is 29.4. The fourth-order valence-electron chi connectivity index (χ4n) is 4.71. The van der Waals surface area contributed by atoms with E-state index in [-0.39, 0.29) is 11.7 Å². The Kier molecular flexibility index (Phi) is 12.4. The van der Waals surface area contributed by atoms with Gasteiger partial charge in [-0.15, -0.1) is 0 Å². The summed E-state index contributed by atoms with van der Waals surface area (Å²) in [4.78, 5) is 25.8. The van der Waals surface area contributed by atoms with Crippen molar-refractivity contribution in [2.45, 2.75) is 91.4 Å². The summed E-state index contributed by atoms with van der Waals surface area (Å²) in [6.45, 7) is 7.12. The van der Waals surface area contributed by atoms with Crippen molar-refractivity contribution in [1.82, 2.24) is 0 Å². The van der Waals surface area contributed by atoms with E-state index < -0.39 is 5.97 Å². The zero-order valence-electron chi connectivity index (χ0n) is 23.5. The molecule has 3 rings (SSSR count). The molecule has 0 amide bonds. The van der Waals surface area contributed by atoms with Crippen LogP contribution in [-0.2, 0) is 0 Å². The van der Waals surface area contributed by atoms with Crippen molar-refractivity contribution in [2.24, 2.45) is 5.92 Å². The molecule has 0 saturated heterocycles. The number of Topliss-reactive ketones (excluding diaryl/α,β-unsaturated/α-hetero) is 1. The topological polar surface area (TPSA) is 52.6 Å². The third-order valence-electron chi connectivity index (χ3n) is 7.12. The first-order chi connectivity index (χ1) is 18.5. The number of ketones is 1. The van der Waals surface area contributed by atoms with E-state index in [1.807, 2.05) is 49.4 Å². The number of esters is 1. The Morgan fingerprint density at radius 1 is 0.737 bits per heavy atom. The van der Waals surface area contributed by atoms with Gasteiger partial charge >= 0.3 is 5.97 Å². The molecule has 0 aromatic heterocycles. The minimum atomic E-state index is -0.416. The molecule has 4 heteroatoms. The van der Waals surface area contributed by atoms with Crippen molar-refractivity contribution in [3.8, 4) is 11.5 Å². The van der Waals surface area contributed by atoms with Crippen molar-refractivity contribution >= 4 is 22.5 Å². The van der Waals surface area contributed by atoms with Crippen LogP contribution in [0.4, 0.5) is 0 Å². The predicted molar refractivity (Wildman–Crippen MR) is 156 cm³/mol. The van der Waals surface area contributed by atoms with Gasteiger partial charge in [0.15, 0.2) is 5.78 Å². The van der Waals surface area contributed by atoms with E-state index >= 15 is 0 Å². The van der Waals surface area contributed by atoms with Gasteiger partial charge < -0.3 is 9.47 Å². The number of hydrogen-bond acceptors (Lipinski definition) is 4. The van der Waals surface area contributed by atoms with E-state index in [9.17, 15) is 9.59 Å². The molecule has 1 unspecified atom stereocenters. The molecule has 3 aromatic rings. The zero-order chi connectivity index (χ0) is 27.2. The molecule has 0 aliphatic rings. The summed E-state index contributed by atoms with van der Waals surface area (Å²) in [6.07, 6.45) is 12.9. The Balaban J connectivity index is 1.56. The van der Waals surface area contributed by atoms with Crippen molar-refractivity contribution in [1.29, 1.82) is 0 Å². The molecule has 0 bridgehead atoms. The van der Waals surface area contributed by atoms with Gasteiger partial charge in [-0.2, -0.15) is 0 Å². The number of carbonyl (C=O) groups excluding carboxylic acids is 2. The highest BCUT2D eigenvalue weighted by Gasteiger charge is 2.17. The zero-order valence-corrected chi connectivity index (χ0v) is 23.5. The maximum Gasteiger partial charge on any atom is 0.343 e. The molecule has 0 spiro atoms. The third kappa shape index (κ3) is 9.01. The summed E-state index contributed by atoms with van der Waals surface area (Å²) in [5.74, 6) is 1.01. The monoisotopic (exact) mass is 516 g/mol. The van der Waals surface area contributed by atoms with Gasteiger partial charge in [0.25, 0.3) is 0 Å². The lowest BCUT2D eigenvalue weighted by Gasteiger charge is -2.12. The standard InChI is InChI=1S/C34H44O4/c1-4-6-8-10-11-13-24-37-30-21-18-27(19-22-30)34(36)38-32-17-14-16-28-25-29(20-23-31(28)32)33(35)26(3)15-12-9-7-5-2/h14,16-23,25-26H,4-13,15,24H2,1-3H3. The largest absolute Gasteiger partial charge is 0.494 e. The fraction of sp³-hybridized carbons (Fsp3) is 0.471. The fourth-order valence-corrected chi connectivity index (χ4v) is 4.71. The van der Waals surface area contributed by atoms with Crippen molar-refractivity contribution in [3.63, 3.8) is 0 Å². The summed E-state index contributed by atoms with van der Waals surface area (Å²) < 4.78 is 11.6. The molecule has 1 atom stereocenters. The average Bonchev–Trinajstić information content (AvgIpc) is 2.94. The highest BCUT2D eigenvalue weighted by molar-refractivity contribution is 6.02. The van der Waals surface area contributed by atoms with Gasteiger partial charge in [-0.05, 0) is 60.7 Å². The second-order valence-corrected chi connectivity index (χ2v) is 10.3. The lowest BCUT2D eigenvalue weighted by atomic mass is 9.92. The van der Waals surface area contributed by atoms with Crippen LogP contribution in [0.5, 0.6) is 11.5 Å². The molecule has 204 valence electrons. The molecule has 0 N–H and O–H groups in total. The highest BCUT2D eigenvalue weighted by Crippen LogP contribution is 2.29. The number of hydrogen-bond donors (Lipinski definition) is 0. The van der Waals surface area contributed by atoms with Crippen LogP contribution in [0, 0.1) is 5.92 Å². The quantitative estimate of drug-likeness (QED) is 0.0775. The smallest absolute Gasteiger partial charge is 0.343 e. The van der Waals surface area contributed by atoms with Crippen LogP contribution in [0.25, 0.3) is 10.8 Å². The van der Waals surface area contributed by atoms with Crippen LogP contribution >= 0.6 is 0 Å². The van der Waals surface area contributed by atoms with E-state index in [0.717, 1.165) is 35.8 Å². The predicted octanol–water partition coefficient (Wildman–Crippen LogP) is 9.59. The number of fused-ring (bicyclic) bond motifs is 1. The minimum Gasteiger partial charge on any atom is -0.494 e. The molecule has 4 nitrogen and oxygen atoms in total. The minimum absolute atomic E-state index is 0.00284. The average molecular weight is 517 g/mol. The van der Waals surface area contributed by atoms with Crippen LogP contribution in [0.3, 0.4) is 0 Å². The van der Waals surface area contributed by atoms with Crippen LogP contribution < -0.4 is 9.47 Å². The van der Waals surface area contributed by atoms with Gasteiger partial charge in [0.05, 0.1) is 12.2 Å². The van der Waals surface area contributed by atoms with E-state index in [4.69, 9.17) is 9.47 Å². The van der Waals surface area contributed by atoms with Gasteiger partial charge in [0.2, 0.25) is 0 Å². The number of unbranched alkanes of at least 4 members (excludes halogenated alkanes) is 8. The molecule has 0 aliphatic carbocycles. The number of carbonyl (C=O) groups is 2. The summed E-state index contributed by atoms with van der Waals surface area (Å²) in [7, 11) is 0. The Morgan fingerprint density at radius 2 is 1.39 bits per heavy atom. The normalized spacial score (nSPS) is 11.9. The third-order valence-corrected chi connectivity index (χ3v) is 7.12. The molecular formula is C34H44O4. The molecule has 0 radical (unpaired) electrons. The highest BCUT2D eigenvalue weighted by atomic mass is 16.5. The molecule has 0 aliphatic heterocycles. The number of rotatable bonds is 17. The van der Waals surface area contributed by atoms with Gasteiger partial charge in [-0.3, -0.25) is 4.79 Å². The second-order valence-electron chi connectivity index (χ2n) is 10.3. The van der Waals surface area contributed by atoms with Gasteiger partial charge in [-0.1, -0.05) is 96.8 Å². The Hall–Kier alpha value is -3.14. The molecular weight excluding hydrogens is 472 g/mol. The Bertz CT molecular complexity index is 1150. The second kappa shape index (κ2) is 16.0. The summed E-state index contributed by atoms with van der Waals surface area (Å²) >= 11 is 0. The molecule has 0 saturated carbocycles. The first-order valence-corrected chi connectivity index (χ1v) is 14.6. The Labute approximate surface area is 228 Å². The van der Waals surface area contributed by atoms with Gasteiger partial charge in [0.1, 0.15) is 11.5 Å². The van der Waals surface area contributed by atoms with Crippen molar-refractivity contribution in [3.05, 3.63) is 71.8 Å². The lowest BCUT2D eigenvalue weighted by molar-refractivity contribution is 0.0736. The van der Waals surface area contributed by atoms with Gasteiger partial charge in [-0.25, -0.2) is 4.79 Å². The van der Waals surface area contributed by atoms with E-state index in [0.29, 0.717) is 23.5 Å². The number of benzene rings is 3. The summed E-state index contributed by atoms with van der Waals surface area (Å²) in [5.41, 5.74) is 1.18. The van der Waals surface area contributed by atoms with Crippen LogP contribution in [-0.4, -0.2) is 18.4 Å². The molecule has 0 fully saturated rings. The van der Waals surface area contributed by atoms with E-state index in [2.05, 4.69) is 13.8 Å². The number of ether oxygens (including phenoxy) is 2. The Morgan fingerprint density at radius 3 is 2.13 bits per heavy atom. The first-order valence-electron chi connectivity index (χ1n) is 14.6. The maximum absolute atomic E-state index is 13.0. The van der Waals surface area contributed by atoms with Crippen LogP contribution in [0.15, 0.2) is 60.7 Å². The molecule has 38 heavy (non-hydrogen) atoms. The maximum atomic E-state index is 13.0. The van der Waals surface area contributed by atoms with Crippen molar-refractivity contribution < 1.29 is 19.1 Å². The van der Waals surface area contributed by atoms with E-state index in [1.54, 1.807) is 18.2 Å². The van der Waals surface area contributed by atoms with Gasteiger partial charge in [0, 0.05) is 16.9 Å². The van der Waals surface area contributed by atoms with E-state index in [1.165, 1.54) is 51.4 Å². The van der Waals surface area contributed by atoms with Crippen LogP contribution in [0.2, 0.25) is 0 Å². The lowest BCUT2D eigenvalue weighted by Crippen LogP contribution is -2.11. The SMILES string of the molecule is CCCCCCCCOc1ccc(C(=O)Oc2cccc3cc(C(=O)C(C)CCCCCC)ccc23)cc1. The summed E-state index contributed by atoms with van der Waals surface area (Å²) in [5, 5.41) is 1.70. The van der Waals surface area contributed by atoms with Crippen LogP contribution in [0.1, 0.15) is 112 Å². The molecule has 0 heterocycles. The molecule has 3 aromatic carbocycles. The van der Waals surface area contributed by atoms with Crippen molar-refractivity contribution in [2.75, 3.05) is 6.61 Å².